The van der Waals surface area contributed by atoms with E-state index in [1.165, 1.54) is 0 Å². The lowest BCUT2D eigenvalue weighted by Crippen LogP contribution is -2.33. The third kappa shape index (κ3) is 2.51. The standard InChI is InChI=1S/C16H19N3O2/c1-10-8-16(20)17-14-6-4-5-7-15(14)19(10)9-13-11(2)18-21-12(13)3/h4-7,10H,8-9H2,1-3H3,(H,17,20)/t10-/m0/s1. The zero-order valence-electron chi connectivity index (χ0n) is 12.5. The molecule has 0 aliphatic carbocycles. The van der Waals surface area contributed by atoms with E-state index in [2.05, 4.69) is 22.3 Å². The van der Waals surface area contributed by atoms with E-state index in [4.69, 9.17) is 4.52 Å². The second kappa shape index (κ2) is 5.24. The summed E-state index contributed by atoms with van der Waals surface area (Å²) in [6.07, 6.45) is 0.470. The summed E-state index contributed by atoms with van der Waals surface area (Å²) in [6.45, 7) is 6.63. The van der Waals surface area contributed by atoms with Crippen molar-refractivity contribution in [3.8, 4) is 0 Å². The zero-order chi connectivity index (χ0) is 15.0. The van der Waals surface area contributed by atoms with Crippen molar-refractivity contribution in [2.75, 3.05) is 10.2 Å². The number of fused-ring (bicyclic) bond motifs is 1. The third-order valence-electron chi connectivity index (χ3n) is 4.01. The van der Waals surface area contributed by atoms with Gasteiger partial charge in [0, 0.05) is 24.6 Å². The van der Waals surface area contributed by atoms with E-state index in [1.54, 1.807) is 0 Å². The number of hydrogen-bond donors (Lipinski definition) is 1. The van der Waals surface area contributed by atoms with Gasteiger partial charge in [0.15, 0.2) is 0 Å². The Morgan fingerprint density at radius 3 is 2.86 bits per heavy atom. The van der Waals surface area contributed by atoms with Gasteiger partial charge >= 0.3 is 0 Å². The van der Waals surface area contributed by atoms with Crippen molar-refractivity contribution in [2.45, 2.75) is 39.8 Å². The Hall–Kier alpha value is -2.30. The summed E-state index contributed by atoms with van der Waals surface area (Å²) in [5, 5.41) is 6.99. The SMILES string of the molecule is Cc1noc(C)c1CN1c2ccccc2NC(=O)C[C@@H]1C. The van der Waals surface area contributed by atoms with Crippen LogP contribution in [-0.4, -0.2) is 17.1 Å². The van der Waals surface area contributed by atoms with E-state index < -0.39 is 0 Å². The Morgan fingerprint density at radius 1 is 1.38 bits per heavy atom. The summed E-state index contributed by atoms with van der Waals surface area (Å²) in [5.41, 5.74) is 3.89. The van der Waals surface area contributed by atoms with Crippen LogP contribution in [0.15, 0.2) is 28.8 Å². The first-order valence-corrected chi connectivity index (χ1v) is 7.13. The van der Waals surface area contributed by atoms with Crippen LogP contribution < -0.4 is 10.2 Å². The molecule has 0 bridgehead atoms. The average molecular weight is 285 g/mol. The van der Waals surface area contributed by atoms with Gasteiger partial charge in [0.2, 0.25) is 5.91 Å². The molecule has 1 aromatic heterocycles. The molecular formula is C16H19N3O2. The van der Waals surface area contributed by atoms with Crippen molar-refractivity contribution in [1.29, 1.82) is 0 Å². The summed E-state index contributed by atoms with van der Waals surface area (Å²) in [5.74, 6) is 0.886. The molecule has 0 saturated heterocycles. The molecule has 0 radical (unpaired) electrons. The first-order valence-electron chi connectivity index (χ1n) is 7.13. The Kier molecular flexibility index (Phi) is 3.41. The zero-order valence-corrected chi connectivity index (χ0v) is 12.5. The fourth-order valence-corrected chi connectivity index (χ4v) is 2.79. The molecule has 0 saturated carbocycles. The van der Waals surface area contributed by atoms with E-state index in [1.807, 2.05) is 38.1 Å². The molecule has 3 rings (SSSR count). The van der Waals surface area contributed by atoms with Gasteiger partial charge in [0.1, 0.15) is 5.76 Å². The van der Waals surface area contributed by atoms with Crippen LogP contribution in [0.25, 0.3) is 0 Å². The van der Waals surface area contributed by atoms with Crippen LogP contribution in [0.3, 0.4) is 0 Å². The van der Waals surface area contributed by atoms with Crippen LogP contribution >= 0.6 is 0 Å². The van der Waals surface area contributed by atoms with Crippen molar-refractivity contribution in [3.05, 3.63) is 41.3 Å². The van der Waals surface area contributed by atoms with Crippen LogP contribution in [0, 0.1) is 13.8 Å². The fraction of sp³-hybridized carbons (Fsp3) is 0.375. The lowest BCUT2D eigenvalue weighted by Gasteiger charge is -2.29. The number of nitrogens with zero attached hydrogens (tertiary/aromatic N) is 2. The molecule has 2 heterocycles. The Morgan fingerprint density at radius 2 is 2.14 bits per heavy atom. The molecule has 1 amide bonds. The van der Waals surface area contributed by atoms with Crippen molar-refractivity contribution < 1.29 is 9.32 Å². The minimum absolute atomic E-state index is 0.0520. The summed E-state index contributed by atoms with van der Waals surface area (Å²) in [7, 11) is 0. The number of para-hydroxylation sites is 2. The van der Waals surface area contributed by atoms with Gasteiger partial charge in [-0.05, 0) is 32.9 Å². The molecule has 5 nitrogen and oxygen atoms in total. The predicted octanol–water partition coefficient (Wildman–Crippen LogP) is 3.03. The van der Waals surface area contributed by atoms with Gasteiger partial charge in [-0.3, -0.25) is 4.79 Å². The lowest BCUT2D eigenvalue weighted by molar-refractivity contribution is -0.116. The van der Waals surface area contributed by atoms with E-state index >= 15 is 0 Å². The number of amides is 1. The summed E-state index contributed by atoms with van der Waals surface area (Å²) in [4.78, 5) is 14.2. The molecule has 0 unspecified atom stereocenters. The third-order valence-corrected chi connectivity index (χ3v) is 4.01. The monoisotopic (exact) mass is 285 g/mol. The molecule has 21 heavy (non-hydrogen) atoms. The number of carbonyl (C=O) groups is 1. The van der Waals surface area contributed by atoms with E-state index in [9.17, 15) is 4.79 Å². The molecule has 5 heteroatoms. The number of aromatic nitrogens is 1. The topological polar surface area (TPSA) is 58.4 Å². The van der Waals surface area contributed by atoms with Gasteiger partial charge in [-0.1, -0.05) is 17.3 Å². The first-order chi connectivity index (χ1) is 10.1. The van der Waals surface area contributed by atoms with Crippen molar-refractivity contribution in [1.82, 2.24) is 5.16 Å². The predicted molar refractivity (Wildman–Crippen MR) is 81.3 cm³/mol. The molecule has 1 atom stereocenters. The minimum Gasteiger partial charge on any atom is -0.362 e. The Bertz CT molecular complexity index is 658. The van der Waals surface area contributed by atoms with Crippen LogP contribution in [-0.2, 0) is 11.3 Å². The van der Waals surface area contributed by atoms with Gasteiger partial charge < -0.3 is 14.7 Å². The van der Waals surface area contributed by atoms with Crippen LogP contribution in [0.1, 0.15) is 30.4 Å². The van der Waals surface area contributed by atoms with Gasteiger partial charge in [0.05, 0.1) is 17.1 Å². The second-order valence-electron chi connectivity index (χ2n) is 5.55. The average Bonchev–Trinajstić information content (AvgIpc) is 2.69. The summed E-state index contributed by atoms with van der Waals surface area (Å²) in [6, 6.07) is 8.01. The largest absolute Gasteiger partial charge is 0.362 e. The molecule has 0 spiro atoms. The maximum Gasteiger partial charge on any atom is 0.226 e. The number of hydrogen-bond acceptors (Lipinski definition) is 4. The van der Waals surface area contributed by atoms with Crippen LogP contribution in [0.5, 0.6) is 0 Å². The molecule has 1 aliphatic rings. The number of nitrogens with one attached hydrogen (secondary N) is 1. The Labute approximate surface area is 123 Å². The van der Waals surface area contributed by atoms with Gasteiger partial charge in [-0.15, -0.1) is 0 Å². The molecule has 1 aliphatic heterocycles. The van der Waals surface area contributed by atoms with E-state index in [0.717, 1.165) is 28.4 Å². The number of rotatable bonds is 2. The lowest BCUT2D eigenvalue weighted by atomic mass is 10.1. The summed E-state index contributed by atoms with van der Waals surface area (Å²) < 4.78 is 5.25. The first kappa shape index (κ1) is 13.7. The smallest absolute Gasteiger partial charge is 0.226 e. The quantitative estimate of drug-likeness (QED) is 0.921. The van der Waals surface area contributed by atoms with Gasteiger partial charge in [0.25, 0.3) is 0 Å². The highest BCUT2D eigenvalue weighted by Crippen LogP contribution is 2.33. The molecule has 110 valence electrons. The van der Waals surface area contributed by atoms with E-state index in [-0.39, 0.29) is 11.9 Å². The van der Waals surface area contributed by atoms with Crippen molar-refractivity contribution >= 4 is 17.3 Å². The second-order valence-corrected chi connectivity index (χ2v) is 5.55. The van der Waals surface area contributed by atoms with Gasteiger partial charge in [-0.2, -0.15) is 0 Å². The number of aryl methyl sites for hydroxylation is 2. The highest BCUT2D eigenvalue weighted by molar-refractivity contribution is 5.96. The van der Waals surface area contributed by atoms with Crippen molar-refractivity contribution in [3.63, 3.8) is 0 Å². The normalized spacial score (nSPS) is 18.1. The van der Waals surface area contributed by atoms with Crippen LogP contribution in [0.4, 0.5) is 11.4 Å². The Balaban J connectivity index is 2.02. The van der Waals surface area contributed by atoms with Gasteiger partial charge in [-0.25, -0.2) is 0 Å². The molecule has 1 N–H and O–H groups in total. The molecular weight excluding hydrogens is 266 g/mol. The highest BCUT2D eigenvalue weighted by atomic mass is 16.5. The molecule has 2 aromatic rings. The van der Waals surface area contributed by atoms with Crippen molar-refractivity contribution in [2.24, 2.45) is 0 Å². The fourth-order valence-electron chi connectivity index (χ4n) is 2.79. The maximum absolute atomic E-state index is 12.0. The summed E-state index contributed by atoms with van der Waals surface area (Å²) >= 11 is 0. The molecule has 0 fully saturated rings. The number of anilines is 2. The van der Waals surface area contributed by atoms with E-state index in [0.29, 0.717) is 13.0 Å². The molecule has 1 aromatic carbocycles. The maximum atomic E-state index is 12.0. The minimum atomic E-state index is 0.0520. The highest BCUT2D eigenvalue weighted by Gasteiger charge is 2.26. The number of benzene rings is 1. The van der Waals surface area contributed by atoms with Crippen LogP contribution in [0.2, 0.25) is 0 Å². The number of carbonyl (C=O) groups excluding carboxylic acids is 1.